The number of benzene rings is 2. The summed E-state index contributed by atoms with van der Waals surface area (Å²) < 4.78 is 43.5. The lowest BCUT2D eigenvalue weighted by Crippen LogP contribution is -2.42. The van der Waals surface area contributed by atoms with E-state index in [1.807, 2.05) is 0 Å². The molecule has 8 heteroatoms. The predicted octanol–water partition coefficient (Wildman–Crippen LogP) is 3.30. The summed E-state index contributed by atoms with van der Waals surface area (Å²) in [5.41, 5.74) is 1.02. The number of ether oxygens (including phenoxy) is 1. The predicted molar refractivity (Wildman–Crippen MR) is 99.5 cm³/mol. The second-order valence-electron chi connectivity index (χ2n) is 7.05. The molecule has 1 saturated heterocycles. The van der Waals surface area contributed by atoms with E-state index in [1.54, 1.807) is 18.2 Å². The number of hydrogen-bond donors (Lipinski definition) is 0. The Morgan fingerprint density at radius 1 is 0.828 bits per heavy atom. The van der Waals surface area contributed by atoms with Crippen molar-refractivity contribution >= 4 is 11.8 Å². The van der Waals surface area contributed by atoms with E-state index in [1.165, 1.54) is 17.0 Å². The van der Waals surface area contributed by atoms with Crippen molar-refractivity contribution in [1.82, 2.24) is 9.80 Å². The minimum Gasteiger partial charge on any atom is -0.379 e. The van der Waals surface area contributed by atoms with Crippen LogP contribution >= 0.6 is 0 Å². The number of carbonyl (C=O) groups is 2. The van der Waals surface area contributed by atoms with E-state index in [0.717, 1.165) is 25.2 Å². The molecule has 0 saturated carbocycles. The Morgan fingerprint density at radius 2 is 1.45 bits per heavy atom. The second kappa shape index (κ2) is 7.61. The third-order valence-corrected chi connectivity index (χ3v) is 5.26. The van der Waals surface area contributed by atoms with Crippen LogP contribution in [0.15, 0.2) is 42.5 Å². The van der Waals surface area contributed by atoms with E-state index in [-0.39, 0.29) is 17.4 Å². The smallest absolute Gasteiger partial charge is 0.379 e. The fourth-order valence-corrected chi connectivity index (χ4v) is 3.59. The first-order valence-electron chi connectivity index (χ1n) is 9.32. The van der Waals surface area contributed by atoms with Crippen LogP contribution < -0.4 is 0 Å². The molecular formula is C21H19F3N2O3. The van der Waals surface area contributed by atoms with Gasteiger partial charge in [0.15, 0.2) is 0 Å². The molecular weight excluding hydrogens is 385 g/mol. The molecule has 0 aliphatic carbocycles. The third-order valence-electron chi connectivity index (χ3n) is 5.26. The summed E-state index contributed by atoms with van der Waals surface area (Å²) in [7, 11) is 0. The molecule has 152 valence electrons. The van der Waals surface area contributed by atoms with Gasteiger partial charge in [-0.3, -0.25) is 19.4 Å². The van der Waals surface area contributed by atoms with E-state index < -0.39 is 11.7 Å². The Labute approximate surface area is 165 Å². The molecule has 29 heavy (non-hydrogen) atoms. The summed E-state index contributed by atoms with van der Waals surface area (Å²) in [6.45, 7) is 3.68. The molecule has 2 aliphatic heterocycles. The van der Waals surface area contributed by atoms with Crippen LogP contribution in [0.3, 0.4) is 0 Å². The van der Waals surface area contributed by atoms with Crippen LogP contribution in [0.2, 0.25) is 0 Å². The first-order valence-corrected chi connectivity index (χ1v) is 9.32. The highest BCUT2D eigenvalue weighted by atomic mass is 19.4. The minimum atomic E-state index is -4.40. The van der Waals surface area contributed by atoms with E-state index in [4.69, 9.17) is 4.74 Å². The maximum Gasteiger partial charge on any atom is 0.416 e. The van der Waals surface area contributed by atoms with Gasteiger partial charge in [-0.05, 0) is 35.4 Å². The zero-order valence-electron chi connectivity index (χ0n) is 15.5. The molecule has 0 aromatic heterocycles. The minimum absolute atomic E-state index is 0.286. The molecule has 1 fully saturated rings. The van der Waals surface area contributed by atoms with Crippen molar-refractivity contribution in [1.29, 1.82) is 0 Å². The fraction of sp³-hybridized carbons (Fsp3) is 0.333. The van der Waals surface area contributed by atoms with Gasteiger partial charge in [0, 0.05) is 26.2 Å². The van der Waals surface area contributed by atoms with Crippen LogP contribution in [0, 0.1) is 0 Å². The Kier molecular flexibility index (Phi) is 5.14. The van der Waals surface area contributed by atoms with Gasteiger partial charge >= 0.3 is 6.18 Å². The van der Waals surface area contributed by atoms with E-state index in [0.29, 0.717) is 43.0 Å². The molecule has 2 heterocycles. The van der Waals surface area contributed by atoms with Crippen molar-refractivity contribution < 1.29 is 27.5 Å². The molecule has 2 amide bonds. The highest BCUT2D eigenvalue weighted by Crippen LogP contribution is 2.32. The van der Waals surface area contributed by atoms with Crippen LogP contribution in [0.25, 0.3) is 11.1 Å². The van der Waals surface area contributed by atoms with Crippen LogP contribution in [0.1, 0.15) is 26.3 Å². The van der Waals surface area contributed by atoms with Crippen molar-refractivity contribution in [2.45, 2.75) is 6.18 Å². The molecule has 4 rings (SSSR count). The maximum atomic E-state index is 12.8. The third kappa shape index (κ3) is 3.90. The molecule has 0 radical (unpaired) electrons. The Balaban J connectivity index is 1.52. The summed E-state index contributed by atoms with van der Waals surface area (Å²) in [6.07, 6.45) is -4.40. The summed E-state index contributed by atoms with van der Waals surface area (Å²) in [4.78, 5) is 28.8. The molecule has 2 aromatic rings. The average Bonchev–Trinajstić information content (AvgIpc) is 2.96. The summed E-state index contributed by atoms with van der Waals surface area (Å²) in [6, 6.07) is 9.53. The summed E-state index contributed by atoms with van der Waals surface area (Å²) in [5.74, 6) is -0.704. The number of nitrogens with zero attached hydrogens (tertiary/aromatic N) is 2. The van der Waals surface area contributed by atoms with Gasteiger partial charge < -0.3 is 4.74 Å². The summed E-state index contributed by atoms with van der Waals surface area (Å²) >= 11 is 0. The quantitative estimate of drug-likeness (QED) is 0.734. The molecule has 2 aliphatic rings. The molecule has 0 spiro atoms. The number of imide groups is 1. The summed E-state index contributed by atoms with van der Waals surface area (Å²) in [5, 5.41) is 0. The zero-order valence-corrected chi connectivity index (χ0v) is 15.5. The van der Waals surface area contributed by atoms with E-state index in [2.05, 4.69) is 4.90 Å². The van der Waals surface area contributed by atoms with Gasteiger partial charge in [0.2, 0.25) is 0 Å². The number of rotatable bonds is 4. The van der Waals surface area contributed by atoms with Crippen molar-refractivity contribution in [3.8, 4) is 11.1 Å². The Bertz CT molecular complexity index is 935. The fourth-order valence-electron chi connectivity index (χ4n) is 3.59. The van der Waals surface area contributed by atoms with Gasteiger partial charge in [-0.2, -0.15) is 13.2 Å². The first-order chi connectivity index (χ1) is 13.8. The second-order valence-corrected chi connectivity index (χ2v) is 7.05. The average molecular weight is 404 g/mol. The molecule has 2 aromatic carbocycles. The molecule has 0 bridgehead atoms. The lowest BCUT2D eigenvalue weighted by Gasteiger charge is -2.27. The molecule has 5 nitrogen and oxygen atoms in total. The number of fused-ring (bicyclic) bond motifs is 1. The topological polar surface area (TPSA) is 49.9 Å². The van der Waals surface area contributed by atoms with Gasteiger partial charge in [0.25, 0.3) is 11.8 Å². The van der Waals surface area contributed by atoms with Gasteiger partial charge in [0.1, 0.15) is 0 Å². The van der Waals surface area contributed by atoms with Gasteiger partial charge in [0.05, 0.1) is 29.9 Å². The van der Waals surface area contributed by atoms with Crippen molar-refractivity contribution in [2.24, 2.45) is 0 Å². The van der Waals surface area contributed by atoms with E-state index in [9.17, 15) is 22.8 Å². The number of alkyl halides is 3. The maximum absolute atomic E-state index is 12.8. The number of hydrogen-bond acceptors (Lipinski definition) is 4. The monoisotopic (exact) mass is 404 g/mol. The molecule has 0 N–H and O–H groups in total. The number of carbonyl (C=O) groups excluding carboxylic acids is 2. The highest BCUT2D eigenvalue weighted by Gasteiger charge is 2.36. The standard InChI is InChI=1S/C21H19F3N2O3/c22-21(23,24)16-4-1-14(2-5-16)15-3-6-17-18(13-15)20(28)26(19(17)27)8-7-25-9-11-29-12-10-25/h1-6,13H,7-12H2. The van der Waals surface area contributed by atoms with Crippen LogP contribution in [0.4, 0.5) is 13.2 Å². The van der Waals surface area contributed by atoms with Gasteiger partial charge in [-0.1, -0.05) is 18.2 Å². The highest BCUT2D eigenvalue weighted by molar-refractivity contribution is 6.21. The van der Waals surface area contributed by atoms with Crippen molar-refractivity contribution in [2.75, 3.05) is 39.4 Å². The van der Waals surface area contributed by atoms with Crippen LogP contribution in [-0.4, -0.2) is 61.0 Å². The zero-order chi connectivity index (χ0) is 20.6. The van der Waals surface area contributed by atoms with Crippen LogP contribution in [0.5, 0.6) is 0 Å². The van der Waals surface area contributed by atoms with E-state index >= 15 is 0 Å². The van der Waals surface area contributed by atoms with Gasteiger partial charge in [-0.25, -0.2) is 0 Å². The molecule has 0 atom stereocenters. The number of halogens is 3. The number of amides is 2. The Morgan fingerprint density at radius 3 is 2.10 bits per heavy atom. The first kappa shape index (κ1) is 19.6. The lowest BCUT2D eigenvalue weighted by molar-refractivity contribution is -0.137. The number of morpholine rings is 1. The van der Waals surface area contributed by atoms with Gasteiger partial charge in [-0.15, -0.1) is 0 Å². The lowest BCUT2D eigenvalue weighted by atomic mass is 9.99. The SMILES string of the molecule is O=C1c2ccc(-c3ccc(C(F)(F)F)cc3)cc2C(=O)N1CCN1CCOCC1. The normalized spacial score (nSPS) is 17.7. The van der Waals surface area contributed by atoms with Crippen LogP contribution in [-0.2, 0) is 10.9 Å². The van der Waals surface area contributed by atoms with Crippen molar-refractivity contribution in [3.63, 3.8) is 0 Å². The Hall–Kier alpha value is -2.71. The molecule has 0 unspecified atom stereocenters. The largest absolute Gasteiger partial charge is 0.416 e. The van der Waals surface area contributed by atoms with Crippen molar-refractivity contribution in [3.05, 3.63) is 59.2 Å².